The van der Waals surface area contributed by atoms with Gasteiger partial charge in [-0.2, -0.15) is 0 Å². The van der Waals surface area contributed by atoms with Crippen molar-refractivity contribution < 1.29 is 29.0 Å². The zero-order valence-electron chi connectivity index (χ0n) is 19.3. The lowest BCUT2D eigenvalue weighted by atomic mass is 10.1. The lowest BCUT2D eigenvalue weighted by Crippen LogP contribution is -2.38. The minimum absolute atomic E-state index is 0.0301. The molecule has 0 spiro atoms. The van der Waals surface area contributed by atoms with Gasteiger partial charge in [0.15, 0.2) is 18.1 Å². The molecule has 2 aliphatic heterocycles. The van der Waals surface area contributed by atoms with E-state index in [0.29, 0.717) is 40.1 Å². The van der Waals surface area contributed by atoms with E-state index < -0.39 is 5.97 Å². The fourth-order valence-electron chi connectivity index (χ4n) is 3.83. The van der Waals surface area contributed by atoms with Gasteiger partial charge < -0.3 is 19.5 Å². The van der Waals surface area contributed by atoms with Crippen LogP contribution in [0.5, 0.6) is 11.5 Å². The summed E-state index contributed by atoms with van der Waals surface area (Å²) in [6, 6.07) is 5.30. The topological polar surface area (TPSA) is 96.4 Å². The van der Waals surface area contributed by atoms with Crippen LogP contribution in [-0.4, -0.2) is 70.4 Å². The Bertz CT molecular complexity index is 959. The predicted octanol–water partition coefficient (Wildman–Crippen LogP) is 3.93. The zero-order valence-corrected chi connectivity index (χ0v) is 20.9. The highest BCUT2D eigenvalue weighted by molar-refractivity contribution is 8.26. The van der Waals surface area contributed by atoms with Crippen molar-refractivity contribution in [2.45, 2.75) is 44.9 Å². The third kappa shape index (κ3) is 7.20. The Kier molecular flexibility index (Phi) is 9.76. The van der Waals surface area contributed by atoms with Crippen molar-refractivity contribution in [1.29, 1.82) is 0 Å². The number of carbonyl (C=O) groups excluding carboxylic acids is 2. The molecule has 0 saturated carbocycles. The van der Waals surface area contributed by atoms with Gasteiger partial charge >= 0.3 is 5.97 Å². The standard InChI is InChI=1S/C24H30N2O6S2/c1-31-19-14-17(9-10-18(19)32-16-21(27)25-11-5-3-6-12-25)15-20-23(30)26(24(33)34-20)13-7-2-4-8-22(28)29/h9-10,14-15H,2-8,11-13,16H2,1H3,(H,28,29)/b20-15+. The first-order valence-electron chi connectivity index (χ1n) is 11.4. The molecule has 3 rings (SSSR count). The highest BCUT2D eigenvalue weighted by Gasteiger charge is 2.31. The van der Waals surface area contributed by atoms with E-state index >= 15 is 0 Å². The average Bonchev–Trinajstić information content (AvgIpc) is 3.10. The number of methoxy groups -OCH3 is 1. The Morgan fingerprint density at radius 1 is 1.15 bits per heavy atom. The first-order chi connectivity index (χ1) is 16.4. The number of thiocarbonyl (C=S) groups is 1. The molecule has 184 valence electrons. The van der Waals surface area contributed by atoms with Crippen LogP contribution in [0, 0.1) is 0 Å². The molecule has 2 heterocycles. The quantitative estimate of drug-likeness (QED) is 0.274. The highest BCUT2D eigenvalue weighted by Crippen LogP contribution is 2.35. The lowest BCUT2D eigenvalue weighted by molar-refractivity contribution is -0.137. The summed E-state index contributed by atoms with van der Waals surface area (Å²) in [5, 5.41) is 8.72. The molecule has 0 aliphatic carbocycles. The van der Waals surface area contributed by atoms with Gasteiger partial charge in [0, 0.05) is 26.1 Å². The van der Waals surface area contributed by atoms with Crippen molar-refractivity contribution in [2.24, 2.45) is 0 Å². The number of carboxylic acid groups (broad SMARTS) is 1. The minimum atomic E-state index is -0.811. The molecule has 1 aromatic rings. The summed E-state index contributed by atoms with van der Waals surface area (Å²) in [4.78, 5) is 39.7. The molecule has 0 aromatic heterocycles. The summed E-state index contributed by atoms with van der Waals surface area (Å²) < 4.78 is 11.7. The first-order valence-corrected chi connectivity index (χ1v) is 12.7. The van der Waals surface area contributed by atoms with Crippen molar-refractivity contribution in [3.63, 3.8) is 0 Å². The summed E-state index contributed by atoms with van der Waals surface area (Å²) in [6.07, 6.45) is 7.11. The SMILES string of the molecule is COc1cc(/C=C2/SC(=S)N(CCCCCC(=O)O)C2=O)ccc1OCC(=O)N1CCCCC1. The highest BCUT2D eigenvalue weighted by atomic mass is 32.2. The summed E-state index contributed by atoms with van der Waals surface area (Å²) in [7, 11) is 1.53. The zero-order chi connectivity index (χ0) is 24.5. The Labute approximate surface area is 209 Å². The van der Waals surface area contributed by atoms with E-state index in [1.165, 1.54) is 18.9 Å². The Morgan fingerprint density at radius 2 is 1.91 bits per heavy atom. The number of carboxylic acids is 1. The Morgan fingerprint density at radius 3 is 2.62 bits per heavy atom. The number of benzene rings is 1. The number of hydrogen-bond acceptors (Lipinski definition) is 7. The molecule has 10 heteroatoms. The van der Waals surface area contributed by atoms with Crippen molar-refractivity contribution in [2.75, 3.05) is 33.4 Å². The molecule has 2 amide bonds. The number of likely N-dealkylation sites (tertiary alicyclic amines) is 1. The van der Waals surface area contributed by atoms with Crippen LogP contribution in [0.15, 0.2) is 23.1 Å². The van der Waals surface area contributed by atoms with E-state index in [1.807, 2.05) is 11.0 Å². The van der Waals surface area contributed by atoms with Crippen LogP contribution < -0.4 is 9.47 Å². The second kappa shape index (κ2) is 12.8. The second-order valence-corrected chi connectivity index (χ2v) is 9.85. The van der Waals surface area contributed by atoms with Crippen LogP contribution in [0.25, 0.3) is 6.08 Å². The van der Waals surface area contributed by atoms with Crippen molar-refractivity contribution in [3.8, 4) is 11.5 Å². The van der Waals surface area contributed by atoms with Crippen molar-refractivity contribution >= 4 is 52.2 Å². The van der Waals surface area contributed by atoms with E-state index in [0.717, 1.165) is 44.3 Å². The van der Waals surface area contributed by atoms with Gasteiger partial charge in [0.05, 0.1) is 12.0 Å². The molecule has 8 nitrogen and oxygen atoms in total. The van der Waals surface area contributed by atoms with Crippen molar-refractivity contribution in [3.05, 3.63) is 28.7 Å². The van der Waals surface area contributed by atoms with Crippen LogP contribution in [0.1, 0.15) is 50.5 Å². The number of thioether (sulfide) groups is 1. The number of amides is 2. The lowest BCUT2D eigenvalue weighted by Gasteiger charge is -2.26. The molecule has 2 aliphatic rings. The molecule has 0 radical (unpaired) electrons. The van der Waals surface area contributed by atoms with Gasteiger partial charge in [-0.15, -0.1) is 0 Å². The van der Waals surface area contributed by atoms with Gasteiger partial charge in [0.2, 0.25) is 0 Å². The molecule has 0 atom stereocenters. The molecule has 0 unspecified atom stereocenters. The van der Waals surface area contributed by atoms with Crippen LogP contribution in [0.4, 0.5) is 0 Å². The number of nitrogens with zero attached hydrogens (tertiary/aromatic N) is 2. The smallest absolute Gasteiger partial charge is 0.303 e. The fourth-order valence-corrected chi connectivity index (χ4v) is 5.14. The number of hydrogen-bond donors (Lipinski definition) is 1. The Hall–Kier alpha value is -2.59. The molecule has 2 fully saturated rings. The normalized spacial score (nSPS) is 17.4. The average molecular weight is 507 g/mol. The summed E-state index contributed by atoms with van der Waals surface area (Å²) in [6.45, 7) is 1.99. The van der Waals surface area contributed by atoms with Crippen LogP contribution in [-0.2, 0) is 14.4 Å². The van der Waals surface area contributed by atoms with Gasteiger partial charge in [0.1, 0.15) is 4.32 Å². The number of ether oxygens (including phenoxy) is 2. The number of piperidine rings is 1. The van der Waals surface area contributed by atoms with Crippen molar-refractivity contribution in [1.82, 2.24) is 9.80 Å². The van der Waals surface area contributed by atoms with Gasteiger partial charge in [-0.25, -0.2) is 0 Å². The fraction of sp³-hybridized carbons (Fsp3) is 0.500. The minimum Gasteiger partial charge on any atom is -0.493 e. The largest absolute Gasteiger partial charge is 0.493 e. The molecule has 1 aromatic carbocycles. The maximum atomic E-state index is 12.8. The maximum absolute atomic E-state index is 12.8. The van der Waals surface area contributed by atoms with E-state index in [2.05, 4.69) is 0 Å². The van der Waals surface area contributed by atoms with Gasteiger partial charge in [-0.3, -0.25) is 19.3 Å². The molecule has 2 saturated heterocycles. The molecule has 1 N–H and O–H groups in total. The number of carbonyl (C=O) groups is 3. The van der Waals surface area contributed by atoms with Crippen LogP contribution in [0.2, 0.25) is 0 Å². The molecule has 0 bridgehead atoms. The molecular weight excluding hydrogens is 476 g/mol. The number of rotatable bonds is 11. The maximum Gasteiger partial charge on any atom is 0.303 e. The monoisotopic (exact) mass is 506 g/mol. The van der Waals surface area contributed by atoms with E-state index in [4.69, 9.17) is 26.8 Å². The van der Waals surface area contributed by atoms with E-state index in [1.54, 1.807) is 23.1 Å². The van der Waals surface area contributed by atoms with Gasteiger partial charge in [-0.05, 0) is 55.9 Å². The van der Waals surface area contributed by atoms with E-state index in [9.17, 15) is 14.4 Å². The van der Waals surface area contributed by atoms with Crippen LogP contribution in [0.3, 0.4) is 0 Å². The predicted molar refractivity (Wildman–Crippen MR) is 135 cm³/mol. The third-order valence-corrected chi connectivity index (χ3v) is 7.07. The van der Waals surface area contributed by atoms with E-state index in [-0.39, 0.29) is 24.8 Å². The number of aliphatic carboxylic acids is 1. The summed E-state index contributed by atoms with van der Waals surface area (Å²) >= 11 is 6.61. The number of unbranched alkanes of at least 4 members (excludes halogenated alkanes) is 2. The molecule has 34 heavy (non-hydrogen) atoms. The Balaban J connectivity index is 1.58. The summed E-state index contributed by atoms with van der Waals surface area (Å²) in [5.74, 6) is -0.0425. The van der Waals surface area contributed by atoms with Gasteiger partial charge in [-0.1, -0.05) is 36.5 Å². The van der Waals surface area contributed by atoms with Crippen LogP contribution >= 0.6 is 24.0 Å². The molecular formula is C24H30N2O6S2. The third-order valence-electron chi connectivity index (χ3n) is 5.69. The second-order valence-electron chi connectivity index (χ2n) is 8.18. The summed E-state index contributed by atoms with van der Waals surface area (Å²) in [5.41, 5.74) is 0.758. The first kappa shape index (κ1) is 26.0. The van der Waals surface area contributed by atoms with Gasteiger partial charge in [0.25, 0.3) is 11.8 Å².